The first-order valence-electron chi connectivity index (χ1n) is 8.43. The Bertz CT molecular complexity index is 945. The van der Waals surface area contributed by atoms with E-state index in [4.69, 9.17) is 14.2 Å². The number of hydrogen-bond acceptors (Lipinski definition) is 5. The third-order valence-corrected chi connectivity index (χ3v) is 4.11. The number of carbonyl (C=O) groups excluding carboxylic acids is 1. The Labute approximate surface area is 161 Å². The summed E-state index contributed by atoms with van der Waals surface area (Å²) in [6.07, 6.45) is 3.03. The van der Waals surface area contributed by atoms with Gasteiger partial charge in [0, 0.05) is 12.7 Å². The summed E-state index contributed by atoms with van der Waals surface area (Å²) in [6.45, 7) is 0.261. The Morgan fingerprint density at radius 3 is 2.29 bits per heavy atom. The number of nitrogens with zero attached hydrogens (tertiary/aromatic N) is 2. The quantitative estimate of drug-likeness (QED) is 0.677. The fourth-order valence-corrected chi connectivity index (χ4v) is 2.70. The molecule has 2 aromatic carbocycles. The molecular formula is C20H20FN3O4. The van der Waals surface area contributed by atoms with Crippen LogP contribution in [0, 0.1) is 5.82 Å². The lowest BCUT2D eigenvalue weighted by Crippen LogP contribution is -2.22. The zero-order valence-corrected chi connectivity index (χ0v) is 15.7. The third kappa shape index (κ3) is 4.06. The summed E-state index contributed by atoms with van der Waals surface area (Å²) < 4.78 is 30.5. The van der Waals surface area contributed by atoms with Gasteiger partial charge in [-0.1, -0.05) is 0 Å². The molecule has 1 amide bonds. The van der Waals surface area contributed by atoms with Crippen LogP contribution in [0.15, 0.2) is 48.8 Å². The highest BCUT2D eigenvalue weighted by molar-refractivity contribution is 5.93. The summed E-state index contributed by atoms with van der Waals surface area (Å²) in [5, 5.41) is 6.97. The number of nitrogens with one attached hydrogen (secondary N) is 1. The second-order valence-corrected chi connectivity index (χ2v) is 5.87. The molecule has 3 rings (SSSR count). The topological polar surface area (TPSA) is 74.6 Å². The molecule has 3 aromatic rings. The van der Waals surface area contributed by atoms with Gasteiger partial charge in [0.1, 0.15) is 5.82 Å². The lowest BCUT2D eigenvalue weighted by molar-refractivity contribution is 0.0951. The lowest BCUT2D eigenvalue weighted by atomic mass is 10.1. The van der Waals surface area contributed by atoms with Crippen LogP contribution < -0.4 is 19.5 Å². The minimum atomic E-state index is -0.334. The molecule has 0 bridgehead atoms. The number of hydrogen-bond donors (Lipinski definition) is 1. The molecule has 0 aliphatic rings. The summed E-state index contributed by atoms with van der Waals surface area (Å²) in [5.74, 6) is 0.882. The number of aromatic nitrogens is 2. The molecule has 0 atom stereocenters. The smallest absolute Gasteiger partial charge is 0.254 e. The molecule has 0 spiro atoms. The van der Waals surface area contributed by atoms with Crippen molar-refractivity contribution in [2.75, 3.05) is 21.3 Å². The normalized spacial score (nSPS) is 10.4. The van der Waals surface area contributed by atoms with Crippen molar-refractivity contribution < 1.29 is 23.4 Å². The first-order chi connectivity index (χ1) is 13.5. The van der Waals surface area contributed by atoms with E-state index in [1.165, 1.54) is 44.3 Å². The van der Waals surface area contributed by atoms with E-state index >= 15 is 0 Å². The van der Waals surface area contributed by atoms with E-state index in [1.807, 2.05) is 0 Å². The van der Waals surface area contributed by atoms with Crippen LogP contribution in [0.3, 0.4) is 0 Å². The lowest BCUT2D eigenvalue weighted by Gasteiger charge is -2.14. The predicted octanol–water partition coefficient (Wildman–Crippen LogP) is 2.97. The fourth-order valence-electron chi connectivity index (χ4n) is 2.70. The van der Waals surface area contributed by atoms with Gasteiger partial charge in [0.15, 0.2) is 11.5 Å². The number of rotatable bonds is 7. The Hall–Kier alpha value is -3.55. The highest BCUT2D eigenvalue weighted by Gasteiger charge is 2.14. The second kappa shape index (κ2) is 8.43. The van der Waals surface area contributed by atoms with Crippen LogP contribution in [-0.4, -0.2) is 37.0 Å². The summed E-state index contributed by atoms with van der Waals surface area (Å²) in [7, 11) is 4.59. The molecule has 0 fully saturated rings. The van der Waals surface area contributed by atoms with Crippen molar-refractivity contribution in [3.05, 3.63) is 65.7 Å². The van der Waals surface area contributed by atoms with Crippen LogP contribution in [0.5, 0.6) is 17.2 Å². The van der Waals surface area contributed by atoms with Gasteiger partial charge in [0.05, 0.1) is 38.8 Å². The molecule has 1 aromatic heterocycles. The number of methoxy groups -OCH3 is 3. The number of ether oxygens (including phenoxy) is 3. The van der Waals surface area contributed by atoms with Crippen molar-refractivity contribution in [3.63, 3.8) is 0 Å². The average Bonchev–Trinajstić information content (AvgIpc) is 3.21. The van der Waals surface area contributed by atoms with Crippen LogP contribution in [0.2, 0.25) is 0 Å². The first-order valence-corrected chi connectivity index (χ1v) is 8.43. The van der Waals surface area contributed by atoms with Gasteiger partial charge in [0.25, 0.3) is 5.91 Å². The third-order valence-electron chi connectivity index (χ3n) is 4.11. The number of carbonyl (C=O) groups is 1. The monoisotopic (exact) mass is 385 g/mol. The van der Waals surface area contributed by atoms with Crippen LogP contribution in [0.25, 0.3) is 5.69 Å². The van der Waals surface area contributed by atoms with E-state index in [0.29, 0.717) is 28.5 Å². The van der Waals surface area contributed by atoms with Crippen LogP contribution >= 0.6 is 0 Å². The van der Waals surface area contributed by atoms with Gasteiger partial charge in [-0.05, 0) is 42.0 Å². The Balaban J connectivity index is 1.71. The number of halogens is 1. The summed E-state index contributed by atoms with van der Waals surface area (Å²) >= 11 is 0. The van der Waals surface area contributed by atoms with E-state index in [1.54, 1.807) is 30.5 Å². The summed E-state index contributed by atoms with van der Waals surface area (Å²) in [4.78, 5) is 12.4. The second-order valence-electron chi connectivity index (χ2n) is 5.87. The van der Waals surface area contributed by atoms with Crippen molar-refractivity contribution in [2.24, 2.45) is 0 Å². The van der Waals surface area contributed by atoms with Gasteiger partial charge in [0.2, 0.25) is 5.75 Å². The zero-order valence-electron chi connectivity index (χ0n) is 15.7. The van der Waals surface area contributed by atoms with E-state index in [-0.39, 0.29) is 18.3 Å². The SMILES string of the molecule is COc1cc(CNC(=O)c2cnn(-c3ccc(F)cc3)c2)cc(OC)c1OC. The molecule has 1 N–H and O–H groups in total. The Morgan fingerprint density at radius 1 is 1.07 bits per heavy atom. The minimum absolute atomic E-state index is 0.261. The fraction of sp³-hybridized carbons (Fsp3) is 0.200. The molecule has 1 heterocycles. The largest absolute Gasteiger partial charge is 0.493 e. The molecule has 0 unspecified atom stereocenters. The highest BCUT2D eigenvalue weighted by atomic mass is 19.1. The molecule has 0 aliphatic heterocycles. The van der Waals surface area contributed by atoms with Crippen molar-refractivity contribution in [3.8, 4) is 22.9 Å². The number of amides is 1. The molecule has 0 aliphatic carbocycles. The molecule has 0 radical (unpaired) electrons. The standard InChI is InChI=1S/C20H20FN3O4/c1-26-17-8-13(9-18(27-2)19(17)28-3)10-22-20(25)14-11-23-24(12-14)16-6-4-15(21)5-7-16/h4-9,11-12H,10H2,1-3H3,(H,22,25). The van der Waals surface area contributed by atoms with Crippen molar-refractivity contribution >= 4 is 5.91 Å². The molecule has 8 heteroatoms. The van der Waals surface area contributed by atoms with Gasteiger partial charge in [-0.3, -0.25) is 4.79 Å². The highest BCUT2D eigenvalue weighted by Crippen LogP contribution is 2.38. The van der Waals surface area contributed by atoms with E-state index in [2.05, 4.69) is 10.4 Å². The maximum atomic E-state index is 13.0. The molecule has 0 saturated carbocycles. The minimum Gasteiger partial charge on any atom is -0.493 e. The predicted molar refractivity (Wildman–Crippen MR) is 101 cm³/mol. The maximum Gasteiger partial charge on any atom is 0.254 e. The van der Waals surface area contributed by atoms with Crippen molar-refractivity contribution in [1.82, 2.24) is 15.1 Å². The van der Waals surface area contributed by atoms with Crippen molar-refractivity contribution in [2.45, 2.75) is 6.54 Å². The summed E-state index contributed by atoms with van der Waals surface area (Å²) in [5.41, 5.74) is 1.83. The first kappa shape index (κ1) is 19.2. The van der Waals surface area contributed by atoms with E-state index < -0.39 is 0 Å². The van der Waals surface area contributed by atoms with Crippen LogP contribution in [0.4, 0.5) is 4.39 Å². The van der Waals surface area contributed by atoms with Gasteiger partial charge in [-0.15, -0.1) is 0 Å². The van der Waals surface area contributed by atoms with Crippen LogP contribution in [0.1, 0.15) is 15.9 Å². The number of benzene rings is 2. The zero-order chi connectivity index (χ0) is 20.1. The Kier molecular flexibility index (Phi) is 5.78. The Morgan fingerprint density at radius 2 is 1.71 bits per heavy atom. The van der Waals surface area contributed by atoms with Crippen LogP contribution in [-0.2, 0) is 6.54 Å². The van der Waals surface area contributed by atoms with Gasteiger partial charge in [-0.25, -0.2) is 9.07 Å². The summed E-state index contributed by atoms with van der Waals surface area (Å²) in [6, 6.07) is 9.37. The molecule has 28 heavy (non-hydrogen) atoms. The maximum absolute atomic E-state index is 13.0. The molecular weight excluding hydrogens is 365 g/mol. The van der Waals surface area contributed by atoms with E-state index in [0.717, 1.165) is 5.56 Å². The molecule has 7 nitrogen and oxygen atoms in total. The average molecular weight is 385 g/mol. The van der Waals surface area contributed by atoms with Gasteiger partial charge in [-0.2, -0.15) is 5.10 Å². The molecule has 146 valence electrons. The van der Waals surface area contributed by atoms with E-state index in [9.17, 15) is 9.18 Å². The van der Waals surface area contributed by atoms with Gasteiger partial charge < -0.3 is 19.5 Å². The van der Waals surface area contributed by atoms with Gasteiger partial charge >= 0.3 is 0 Å². The molecule has 0 saturated heterocycles. The van der Waals surface area contributed by atoms with Crippen molar-refractivity contribution in [1.29, 1.82) is 0 Å².